The highest BCUT2D eigenvalue weighted by Gasteiger charge is 2.43. The first-order valence-electron chi connectivity index (χ1n) is 9.12. The van der Waals surface area contributed by atoms with E-state index in [1.54, 1.807) is 23.7 Å². The summed E-state index contributed by atoms with van der Waals surface area (Å²) in [7, 11) is 0. The van der Waals surface area contributed by atoms with Crippen molar-refractivity contribution in [3.05, 3.63) is 41.8 Å². The Bertz CT molecular complexity index is 1280. The molecule has 2 atom stereocenters. The SMILES string of the molecule is CSc1n[nH]c2cc(F)c(C)c(-c3ccn4nc(NC(=O)[C@@H]5C[C@@H]5F)cc4c3)c12. The number of carbonyl (C=O) groups is 1. The van der Waals surface area contributed by atoms with Crippen LogP contribution in [0, 0.1) is 18.7 Å². The zero-order valence-corrected chi connectivity index (χ0v) is 16.5. The van der Waals surface area contributed by atoms with Gasteiger partial charge in [0.1, 0.15) is 17.0 Å². The summed E-state index contributed by atoms with van der Waals surface area (Å²) in [5.74, 6) is -0.882. The quantitative estimate of drug-likeness (QED) is 0.488. The number of fused-ring (bicyclic) bond motifs is 2. The molecule has 2 N–H and O–H groups in total. The van der Waals surface area contributed by atoms with E-state index in [1.165, 1.54) is 17.8 Å². The fourth-order valence-electron chi connectivity index (χ4n) is 3.60. The zero-order valence-electron chi connectivity index (χ0n) is 15.7. The van der Waals surface area contributed by atoms with Crippen molar-refractivity contribution < 1.29 is 13.6 Å². The van der Waals surface area contributed by atoms with Gasteiger partial charge in [-0.1, -0.05) is 0 Å². The number of halogens is 2. The van der Waals surface area contributed by atoms with Gasteiger partial charge in [0.15, 0.2) is 5.82 Å². The van der Waals surface area contributed by atoms with E-state index in [9.17, 15) is 13.6 Å². The van der Waals surface area contributed by atoms with Gasteiger partial charge in [0.2, 0.25) is 5.91 Å². The second-order valence-corrected chi connectivity index (χ2v) is 7.97. The molecule has 0 aliphatic heterocycles. The van der Waals surface area contributed by atoms with E-state index in [1.807, 2.05) is 18.4 Å². The normalized spacial score (nSPS) is 18.5. The molecule has 0 saturated heterocycles. The predicted molar refractivity (Wildman–Crippen MR) is 108 cm³/mol. The summed E-state index contributed by atoms with van der Waals surface area (Å²) in [6.45, 7) is 1.75. The van der Waals surface area contributed by atoms with Gasteiger partial charge in [-0.05, 0) is 54.5 Å². The molecular formula is C20H17F2N5OS. The molecule has 0 unspecified atom stereocenters. The maximum atomic E-state index is 14.5. The first-order valence-corrected chi connectivity index (χ1v) is 10.3. The average molecular weight is 413 g/mol. The highest BCUT2D eigenvalue weighted by molar-refractivity contribution is 7.98. The van der Waals surface area contributed by atoms with Gasteiger partial charge in [-0.15, -0.1) is 11.8 Å². The monoisotopic (exact) mass is 413 g/mol. The molecule has 1 aliphatic rings. The number of hydrogen-bond acceptors (Lipinski definition) is 4. The Morgan fingerprint density at radius 3 is 2.90 bits per heavy atom. The van der Waals surface area contributed by atoms with Gasteiger partial charge < -0.3 is 5.32 Å². The Kier molecular flexibility index (Phi) is 4.09. The van der Waals surface area contributed by atoms with E-state index in [2.05, 4.69) is 20.6 Å². The van der Waals surface area contributed by atoms with Crippen LogP contribution in [-0.2, 0) is 4.79 Å². The summed E-state index contributed by atoms with van der Waals surface area (Å²) in [6.07, 6.45) is 2.89. The number of H-pyrrole nitrogens is 1. The second kappa shape index (κ2) is 6.55. The van der Waals surface area contributed by atoms with Crippen LogP contribution in [0.25, 0.3) is 27.5 Å². The summed E-state index contributed by atoms with van der Waals surface area (Å²) in [5.41, 5.74) is 3.50. The molecule has 3 heterocycles. The Balaban J connectivity index is 1.60. The molecular weight excluding hydrogens is 396 g/mol. The number of pyridine rings is 1. The fraction of sp³-hybridized carbons (Fsp3) is 0.250. The lowest BCUT2D eigenvalue weighted by Gasteiger charge is -2.10. The molecule has 1 aromatic carbocycles. The maximum Gasteiger partial charge on any atom is 0.231 e. The van der Waals surface area contributed by atoms with Gasteiger partial charge in [-0.2, -0.15) is 10.2 Å². The van der Waals surface area contributed by atoms with E-state index in [-0.39, 0.29) is 18.1 Å². The minimum absolute atomic E-state index is 0.265. The molecule has 1 amide bonds. The number of alkyl halides is 1. The highest BCUT2D eigenvalue weighted by Crippen LogP contribution is 2.38. The summed E-state index contributed by atoms with van der Waals surface area (Å²) < 4.78 is 29.2. The van der Waals surface area contributed by atoms with Crippen LogP contribution >= 0.6 is 11.8 Å². The number of benzene rings is 1. The molecule has 6 nitrogen and oxygen atoms in total. The smallest absolute Gasteiger partial charge is 0.231 e. The van der Waals surface area contributed by atoms with E-state index < -0.39 is 12.1 Å². The van der Waals surface area contributed by atoms with Crippen LogP contribution in [0.4, 0.5) is 14.6 Å². The van der Waals surface area contributed by atoms with Crippen LogP contribution < -0.4 is 5.32 Å². The number of amides is 1. The van der Waals surface area contributed by atoms with Crippen LogP contribution in [0.1, 0.15) is 12.0 Å². The van der Waals surface area contributed by atoms with Crippen LogP contribution in [0.15, 0.2) is 35.5 Å². The second-order valence-electron chi connectivity index (χ2n) is 7.18. The number of hydrogen-bond donors (Lipinski definition) is 2. The molecule has 148 valence electrons. The van der Waals surface area contributed by atoms with Crippen molar-refractivity contribution in [1.29, 1.82) is 0 Å². The number of thioether (sulfide) groups is 1. The molecule has 0 radical (unpaired) electrons. The predicted octanol–water partition coefficient (Wildman–Crippen LogP) is 4.34. The largest absolute Gasteiger partial charge is 0.309 e. The number of nitrogens with one attached hydrogen (secondary N) is 2. The number of aromatic amines is 1. The molecule has 1 aliphatic carbocycles. The Labute approximate surface area is 168 Å². The van der Waals surface area contributed by atoms with Gasteiger partial charge in [-0.3, -0.25) is 9.89 Å². The van der Waals surface area contributed by atoms with Gasteiger partial charge >= 0.3 is 0 Å². The van der Waals surface area contributed by atoms with Crippen LogP contribution in [-0.4, -0.2) is 38.1 Å². The fourth-order valence-corrected chi connectivity index (χ4v) is 4.15. The topological polar surface area (TPSA) is 75.1 Å². The van der Waals surface area contributed by atoms with E-state index in [0.717, 1.165) is 27.1 Å². The van der Waals surface area contributed by atoms with Crippen molar-refractivity contribution in [1.82, 2.24) is 19.8 Å². The summed E-state index contributed by atoms with van der Waals surface area (Å²) in [5, 5.41) is 15.8. The zero-order chi connectivity index (χ0) is 20.3. The lowest BCUT2D eigenvalue weighted by Crippen LogP contribution is -2.15. The number of aromatic nitrogens is 4. The first kappa shape index (κ1) is 18.1. The molecule has 0 spiro atoms. The van der Waals surface area contributed by atoms with Crippen molar-refractivity contribution >= 4 is 39.9 Å². The Morgan fingerprint density at radius 2 is 2.17 bits per heavy atom. The molecule has 9 heteroatoms. The third-order valence-electron chi connectivity index (χ3n) is 5.26. The number of nitrogens with zero attached hydrogens (tertiary/aromatic N) is 3. The molecule has 0 bridgehead atoms. The van der Waals surface area contributed by atoms with Crippen molar-refractivity contribution in [2.45, 2.75) is 24.5 Å². The van der Waals surface area contributed by atoms with E-state index in [0.29, 0.717) is 16.9 Å². The minimum atomic E-state index is -1.06. The maximum absolute atomic E-state index is 14.5. The Morgan fingerprint density at radius 1 is 1.38 bits per heavy atom. The van der Waals surface area contributed by atoms with Gasteiger partial charge in [-0.25, -0.2) is 13.3 Å². The van der Waals surface area contributed by atoms with Gasteiger partial charge in [0, 0.05) is 17.6 Å². The lowest BCUT2D eigenvalue weighted by atomic mass is 9.97. The van der Waals surface area contributed by atoms with Crippen LogP contribution in [0.3, 0.4) is 0 Å². The first-order chi connectivity index (χ1) is 14.0. The van der Waals surface area contributed by atoms with Crippen molar-refractivity contribution in [3.8, 4) is 11.1 Å². The van der Waals surface area contributed by atoms with Gasteiger partial charge in [0.05, 0.1) is 17.0 Å². The average Bonchev–Trinajstić information content (AvgIpc) is 3.10. The van der Waals surface area contributed by atoms with E-state index >= 15 is 0 Å². The van der Waals surface area contributed by atoms with Crippen molar-refractivity contribution in [2.75, 3.05) is 11.6 Å². The lowest BCUT2D eigenvalue weighted by molar-refractivity contribution is -0.117. The van der Waals surface area contributed by atoms with E-state index in [4.69, 9.17) is 0 Å². The van der Waals surface area contributed by atoms with Gasteiger partial charge in [0.25, 0.3) is 0 Å². The molecule has 1 fully saturated rings. The molecule has 1 saturated carbocycles. The summed E-state index contributed by atoms with van der Waals surface area (Å²) in [4.78, 5) is 12.0. The van der Waals surface area contributed by atoms with Crippen LogP contribution in [0.5, 0.6) is 0 Å². The van der Waals surface area contributed by atoms with Crippen molar-refractivity contribution in [2.24, 2.45) is 5.92 Å². The molecule has 3 aromatic heterocycles. The minimum Gasteiger partial charge on any atom is -0.309 e. The summed E-state index contributed by atoms with van der Waals surface area (Å²) in [6, 6.07) is 6.91. The number of carbonyl (C=O) groups excluding carboxylic acids is 1. The standard InChI is InChI=1S/C20H17F2N5OS/c1-9-13(21)8-15-18(20(29-2)25-24-15)17(9)10-3-4-27-11(5-10)6-16(26-27)23-19(28)12-7-14(12)22/h3-6,8,12,14H,7H2,1-2H3,(H,24,25)(H,23,26,28)/t12-,14+/m1/s1. The Hall–Kier alpha value is -2.94. The molecule has 4 aromatic rings. The number of rotatable bonds is 4. The summed E-state index contributed by atoms with van der Waals surface area (Å²) >= 11 is 1.49. The third kappa shape index (κ3) is 2.96. The van der Waals surface area contributed by atoms with Crippen molar-refractivity contribution in [3.63, 3.8) is 0 Å². The highest BCUT2D eigenvalue weighted by atomic mass is 32.2. The number of anilines is 1. The third-order valence-corrected chi connectivity index (χ3v) is 5.94. The van der Waals surface area contributed by atoms with Crippen LogP contribution in [0.2, 0.25) is 0 Å². The molecule has 5 rings (SSSR count). The molecule has 29 heavy (non-hydrogen) atoms.